The third kappa shape index (κ3) is 2.62. The van der Waals surface area contributed by atoms with E-state index >= 15 is 0 Å². The Balaban J connectivity index is 2.65. The van der Waals surface area contributed by atoms with E-state index in [-0.39, 0.29) is 17.5 Å². The van der Waals surface area contributed by atoms with Crippen LogP contribution >= 0.6 is 0 Å². The molecule has 0 fully saturated rings. The van der Waals surface area contributed by atoms with Crippen molar-refractivity contribution in [2.75, 3.05) is 0 Å². The number of pyridine rings is 2. The highest BCUT2D eigenvalue weighted by Crippen LogP contribution is 2.26. The average Bonchev–Trinajstić information content (AvgIpc) is 2.42. The first-order valence-corrected chi connectivity index (χ1v) is 6.27. The number of aliphatic carboxylic acids is 1. The van der Waals surface area contributed by atoms with Gasteiger partial charge in [-0.1, -0.05) is 0 Å². The molecule has 2 aromatic heterocycles. The normalized spacial score (nSPS) is 10.8. The lowest BCUT2D eigenvalue weighted by Crippen LogP contribution is -2.25. The van der Waals surface area contributed by atoms with Crippen LogP contribution in [0.25, 0.3) is 11.0 Å². The van der Waals surface area contributed by atoms with Gasteiger partial charge in [-0.2, -0.15) is 0 Å². The highest BCUT2D eigenvalue weighted by Gasteiger charge is 2.22. The molecule has 21 heavy (non-hydrogen) atoms. The minimum atomic E-state index is -1.14. The van der Waals surface area contributed by atoms with Crippen molar-refractivity contribution in [1.82, 2.24) is 9.55 Å². The summed E-state index contributed by atoms with van der Waals surface area (Å²) >= 11 is 0. The molecule has 110 valence electrons. The van der Waals surface area contributed by atoms with Crippen LogP contribution in [0.2, 0.25) is 0 Å². The molecule has 7 heteroatoms. The topological polar surface area (TPSA) is 109 Å². The molecular formula is C14H14N2O5. The maximum absolute atomic E-state index is 12.2. The molecule has 0 aromatic carbocycles. The number of Topliss-reactive ketones (excluding diaryl/α,β-unsaturated/α-hetero) is 1. The number of carboxylic acid groups (broad SMARTS) is 1. The van der Waals surface area contributed by atoms with Crippen molar-refractivity contribution in [3.05, 3.63) is 33.7 Å². The molecule has 2 N–H and O–H groups in total. The van der Waals surface area contributed by atoms with E-state index in [9.17, 15) is 19.5 Å². The smallest absolute Gasteiger partial charge is 0.303 e. The maximum Gasteiger partial charge on any atom is 0.303 e. The predicted molar refractivity (Wildman–Crippen MR) is 74.6 cm³/mol. The second-order valence-corrected chi connectivity index (χ2v) is 4.73. The highest BCUT2D eigenvalue weighted by molar-refractivity contribution is 6.03. The highest BCUT2D eigenvalue weighted by atomic mass is 16.4. The Kier molecular flexibility index (Phi) is 3.75. The number of hydrogen-bond acceptors (Lipinski definition) is 5. The molecule has 0 amide bonds. The summed E-state index contributed by atoms with van der Waals surface area (Å²) in [7, 11) is 1.45. The number of carboxylic acids is 1. The Morgan fingerprint density at radius 2 is 1.95 bits per heavy atom. The summed E-state index contributed by atoms with van der Waals surface area (Å²) in [6.07, 6.45) is -0.742. The lowest BCUT2D eigenvalue weighted by Gasteiger charge is -2.10. The van der Waals surface area contributed by atoms with Crippen LogP contribution in [0, 0.1) is 6.92 Å². The Bertz CT molecular complexity index is 807. The standard InChI is InChI=1S/C14H14N2O5/c1-7-3-4-8-12(20)11(9(17)5-6-10(18)19)14(21)16(2)13(8)15-7/h3-4,20H,5-6H2,1-2H3,(H,18,19). The number of nitrogens with zero attached hydrogens (tertiary/aromatic N) is 2. The van der Waals surface area contributed by atoms with Crippen LogP contribution in [-0.2, 0) is 11.8 Å². The summed E-state index contributed by atoms with van der Waals surface area (Å²) in [5.41, 5.74) is -0.139. The zero-order valence-corrected chi connectivity index (χ0v) is 11.6. The first-order valence-electron chi connectivity index (χ1n) is 6.27. The summed E-state index contributed by atoms with van der Waals surface area (Å²) in [5, 5.41) is 19.0. The molecule has 7 nitrogen and oxygen atoms in total. The van der Waals surface area contributed by atoms with Crippen molar-refractivity contribution in [3.8, 4) is 5.75 Å². The van der Waals surface area contributed by atoms with Gasteiger partial charge >= 0.3 is 5.97 Å². The second kappa shape index (κ2) is 5.35. The van der Waals surface area contributed by atoms with Gasteiger partial charge in [-0.3, -0.25) is 19.0 Å². The molecule has 0 aliphatic carbocycles. The Hall–Kier alpha value is -2.70. The van der Waals surface area contributed by atoms with Crippen molar-refractivity contribution in [1.29, 1.82) is 0 Å². The number of fused-ring (bicyclic) bond motifs is 1. The van der Waals surface area contributed by atoms with Crippen LogP contribution in [0.5, 0.6) is 5.75 Å². The lowest BCUT2D eigenvalue weighted by molar-refractivity contribution is -0.136. The van der Waals surface area contributed by atoms with E-state index in [1.165, 1.54) is 11.6 Å². The molecule has 2 aromatic rings. The minimum Gasteiger partial charge on any atom is -0.506 e. The number of aromatic hydroxyl groups is 1. The number of aromatic nitrogens is 2. The van der Waals surface area contributed by atoms with Gasteiger partial charge in [-0.25, -0.2) is 4.98 Å². The van der Waals surface area contributed by atoms with Gasteiger partial charge in [0.05, 0.1) is 11.8 Å². The van der Waals surface area contributed by atoms with Gasteiger partial charge in [0.25, 0.3) is 5.56 Å². The van der Waals surface area contributed by atoms with E-state index in [0.29, 0.717) is 5.69 Å². The van der Waals surface area contributed by atoms with Gasteiger partial charge < -0.3 is 10.2 Å². The number of rotatable bonds is 4. The van der Waals surface area contributed by atoms with Crippen molar-refractivity contribution in [3.63, 3.8) is 0 Å². The fraction of sp³-hybridized carbons (Fsp3) is 0.286. The molecule has 0 unspecified atom stereocenters. The molecule has 0 saturated heterocycles. The molecule has 0 bridgehead atoms. The van der Waals surface area contributed by atoms with Crippen molar-refractivity contribution < 1.29 is 19.8 Å². The van der Waals surface area contributed by atoms with Gasteiger partial charge in [0.15, 0.2) is 5.78 Å². The van der Waals surface area contributed by atoms with Crippen molar-refractivity contribution in [2.45, 2.75) is 19.8 Å². The van der Waals surface area contributed by atoms with Crippen LogP contribution in [0.15, 0.2) is 16.9 Å². The van der Waals surface area contributed by atoms with E-state index in [4.69, 9.17) is 5.11 Å². The van der Waals surface area contributed by atoms with Gasteiger partial charge in [-0.15, -0.1) is 0 Å². The summed E-state index contributed by atoms with van der Waals surface area (Å²) in [4.78, 5) is 38.9. The Morgan fingerprint density at radius 1 is 1.29 bits per heavy atom. The number of carbonyl (C=O) groups excluding carboxylic acids is 1. The Morgan fingerprint density at radius 3 is 2.57 bits per heavy atom. The second-order valence-electron chi connectivity index (χ2n) is 4.73. The van der Waals surface area contributed by atoms with E-state index in [1.807, 2.05) is 0 Å². The monoisotopic (exact) mass is 290 g/mol. The van der Waals surface area contributed by atoms with Crippen LogP contribution in [-0.4, -0.2) is 31.5 Å². The Labute approximate surface area is 119 Å². The number of aryl methyl sites for hydroxylation is 2. The van der Waals surface area contributed by atoms with E-state index in [1.54, 1.807) is 19.1 Å². The van der Waals surface area contributed by atoms with Crippen molar-refractivity contribution >= 4 is 22.8 Å². The van der Waals surface area contributed by atoms with E-state index < -0.39 is 35.0 Å². The van der Waals surface area contributed by atoms with Gasteiger partial charge in [0, 0.05) is 19.2 Å². The molecule has 0 radical (unpaired) electrons. The molecule has 2 heterocycles. The largest absolute Gasteiger partial charge is 0.506 e. The summed E-state index contributed by atoms with van der Waals surface area (Å²) in [5.74, 6) is -2.29. The molecule has 0 atom stereocenters. The van der Waals surface area contributed by atoms with E-state index in [2.05, 4.69) is 4.98 Å². The summed E-state index contributed by atoms with van der Waals surface area (Å²) in [6, 6.07) is 3.22. The third-order valence-electron chi connectivity index (χ3n) is 3.19. The molecule has 0 aliphatic rings. The lowest BCUT2D eigenvalue weighted by atomic mass is 10.0. The summed E-state index contributed by atoms with van der Waals surface area (Å²) in [6.45, 7) is 1.74. The first kappa shape index (κ1) is 14.7. The van der Waals surface area contributed by atoms with E-state index in [0.717, 1.165) is 0 Å². The SMILES string of the molecule is Cc1ccc2c(O)c(C(=O)CCC(=O)O)c(=O)n(C)c2n1. The zero-order valence-electron chi connectivity index (χ0n) is 11.6. The molecular weight excluding hydrogens is 276 g/mol. The van der Waals surface area contributed by atoms with Crippen LogP contribution < -0.4 is 5.56 Å². The molecule has 0 aliphatic heterocycles. The first-order chi connectivity index (χ1) is 9.82. The number of hydrogen-bond donors (Lipinski definition) is 2. The molecule has 2 rings (SSSR count). The van der Waals surface area contributed by atoms with Gasteiger partial charge in [0.2, 0.25) is 0 Å². The molecule has 0 saturated carbocycles. The quantitative estimate of drug-likeness (QED) is 0.813. The zero-order chi connectivity index (χ0) is 15.7. The van der Waals surface area contributed by atoms with Gasteiger partial charge in [-0.05, 0) is 19.1 Å². The number of carbonyl (C=O) groups is 2. The fourth-order valence-electron chi connectivity index (χ4n) is 2.08. The van der Waals surface area contributed by atoms with Crippen LogP contribution in [0.1, 0.15) is 28.9 Å². The van der Waals surface area contributed by atoms with Crippen molar-refractivity contribution in [2.24, 2.45) is 7.05 Å². The minimum absolute atomic E-state index is 0.271. The molecule has 0 spiro atoms. The fourth-order valence-corrected chi connectivity index (χ4v) is 2.08. The van der Waals surface area contributed by atoms with Gasteiger partial charge in [0.1, 0.15) is 17.0 Å². The average molecular weight is 290 g/mol. The summed E-state index contributed by atoms with van der Waals surface area (Å²) < 4.78 is 1.18. The van der Waals surface area contributed by atoms with Crippen LogP contribution in [0.4, 0.5) is 0 Å². The predicted octanol–water partition coefficient (Wildman–Crippen LogP) is 0.995. The number of ketones is 1. The maximum atomic E-state index is 12.2. The third-order valence-corrected chi connectivity index (χ3v) is 3.19. The van der Waals surface area contributed by atoms with Crippen LogP contribution in [0.3, 0.4) is 0 Å².